The second-order valence-electron chi connectivity index (χ2n) is 7.40. The quantitative estimate of drug-likeness (QED) is 0.363. The van der Waals surface area contributed by atoms with Gasteiger partial charge in [0.05, 0.1) is 11.7 Å². The number of ether oxygens (including phenoxy) is 1. The van der Waals surface area contributed by atoms with E-state index in [0.29, 0.717) is 6.07 Å². The summed E-state index contributed by atoms with van der Waals surface area (Å²) in [6, 6.07) is 6.36. The van der Waals surface area contributed by atoms with Gasteiger partial charge in [-0.1, -0.05) is 12.7 Å². The van der Waals surface area contributed by atoms with Crippen molar-refractivity contribution in [3.05, 3.63) is 89.1 Å². The Balaban J connectivity index is 1.86. The van der Waals surface area contributed by atoms with E-state index in [1.807, 2.05) is 0 Å². The predicted molar refractivity (Wildman–Crippen MR) is 109 cm³/mol. The number of hydrogen-bond acceptors (Lipinski definition) is 4. The summed E-state index contributed by atoms with van der Waals surface area (Å²) in [5.41, 5.74) is -2.99. The van der Waals surface area contributed by atoms with Crippen LogP contribution in [0.1, 0.15) is 18.5 Å². The Morgan fingerprint density at radius 1 is 1.18 bits per heavy atom. The zero-order valence-electron chi connectivity index (χ0n) is 17.6. The van der Waals surface area contributed by atoms with E-state index in [9.17, 15) is 36.2 Å². The van der Waals surface area contributed by atoms with E-state index < -0.39 is 47.9 Å². The highest BCUT2D eigenvalue weighted by Crippen LogP contribution is 2.35. The van der Waals surface area contributed by atoms with Gasteiger partial charge in [-0.2, -0.15) is 13.9 Å². The van der Waals surface area contributed by atoms with Crippen LogP contribution in [0.3, 0.4) is 0 Å². The molecular formula is C22H19F6N3O3. The molecule has 34 heavy (non-hydrogen) atoms. The smallest absolute Gasteiger partial charge is 0.350 e. The first kappa shape index (κ1) is 25.1. The van der Waals surface area contributed by atoms with Gasteiger partial charge in [0.15, 0.2) is 6.61 Å². The molecule has 0 amide bonds. The van der Waals surface area contributed by atoms with Crippen LogP contribution in [0.4, 0.5) is 26.3 Å². The van der Waals surface area contributed by atoms with Crippen molar-refractivity contribution < 1.29 is 36.2 Å². The van der Waals surface area contributed by atoms with Gasteiger partial charge in [0.1, 0.15) is 29.3 Å². The first-order valence-corrected chi connectivity index (χ1v) is 9.77. The van der Waals surface area contributed by atoms with E-state index in [-0.39, 0.29) is 17.0 Å². The third-order valence-corrected chi connectivity index (χ3v) is 5.24. The maximum absolute atomic E-state index is 14.3. The summed E-state index contributed by atoms with van der Waals surface area (Å²) in [5, 5.41) is 15.0. The minimum absolute atomic E-state index is 0.134. The Labute approximate surface area is 189 Å². The average molecular weight is 487 g/mol. The van der Waals surface area contributed by atoms with Crippen LogP contribution in [-0.2, 0) is 5.60 Å². The SMILES string of the molecule is C=C[C@](O)(c1ccc(F)cc1F)[C@@H](C)n1ncn(-c2ccc(OCC(F)(F)C(F)F)cc2)c1=O. The summed E-state index contributed by atoms with van der Waals surface area (Å²) in [4.78, 5) is 12.9. The number of rotatable bonds is 9. The Morgan fingerprint density at radius 2 is 1.82 bits per heavy atom. The summed E-state index contributed by atoms with van der Waals surface area (Å²) < 4.78 is 84.7. The van der Waals surface area contributed by atoms with Crippen molar-refractivity contribution >= 4 is 0 Å². The highest BCUT2D eigenvalue weighted by molar-refractivity contribution is 5.37. The van der Waals surface area contributed by atoms with Crippen LogP contribution in [0.15, 0.2) is 66.2 Å². The molecule has 0 saturated carbocycles. The van der Waals surface area contributed by atoms with E-state index in [1.54, 1.807) is 0 Å². The van der Waals surface area contributed by atoms with Crippen LogP contribution in [0.2, 0.25) is 0 Å². The lowest BCUT2D eigenvalue weighted by atomic mass is 9.87. The van der Waals surface area contributed by atoms with Crippen LogP contribution in [0.25, 0.3) is 5.69 Å². The lowest BCUT2D eigenvalue weighted by Gasteiger charge is -2.31. The van der Waals surface area contributed by atoms with Gasteiger partial charge in [-0.05, 0) is 43.3 Å². The minimum atomic E-state index is -4.32. The van der Waals surface area contributed by atoms with Gasteiger partial charge in [0, 0.05) is 11.6 Å². The molecule has 1 aromatic heterocycles. The van der Waals surface area contributed by atoms with E-state index in [4.69, 9.17) is 0 Å². The highest BCUT2D eigenvalue weighted by atomic mass is 19.3. The van der Waals surface area contributed by atoms with Gasteiger partial charge in [0.25, 0.3) is 0 Å². The van der Waals surface area contributed by atoms with Crippen molar-refractivity contribution in [2.75, 3.05) is 6.61 Å². The zero-order chi connectivity index (χ0) is 25.3. The highest BCUT2D eigenvalue weighted by Gasteiger charge is 2.42. The molecule has 182 valence electrons. The number of nitrogens with zero attached hydrogens (tertiary/aromatic N) is 3. The number of aromatic nitrogens is 3. The molecule has 0 unspecified atom stereocenters. The lowest BCUT2D eigenvalue weighted by molar-refractivity contribution is -0.148. The summed E-state index contributed by atoms with van der Waals surface area (Å²) >= 11 is 0. The molecule has 0 fully saturated rings. The maximum Gasteiger partial charge on any atom is 0.350 e. The zero-order valence-corrected chi connectivity index (χ0v) is 17.6. The first-order valence-electron chi connectivity index (χ1n) is 9.77. The normalized spacial score (nSPS) is 14.6. The molecule has 1 N–H and O–H groups in total. The summed E-state index contributed by atoms with van der Waals surface area (Å²) in [5.74, 6) is -6.36. The second kappa shape index (κ2) is 9.37. The molecule has 3 rings (SSSR count). The largest absolute Gasteiger partial charge is 0.487 e. The molecule has 0 bridgehead atoms. The van der Waals surface area contributed by atoms with Crippen molar-refractivity contribution in [1.29, 1.82) is 0 Å². The van der Waals surface area contributed by atoms with Gasteiger partial charge < -0.3 is 9.84 Å². The fraction of sp³-hybridized carbons (Fsp3) is 0.273. The third-order valence-electron chi connectivity index (χ3n) is 5.24. The summed E-state index contributed by atoms with van der Waals surface area (Å²) in [7, 11) is 0. The molecule has 6 nitrogen and oxygen atoms in total. The standard InChI is InChI=1S/C22H19F6N3O3/c1-3-21(33,17-9-4-14(23)10-18(17)24)13(2)31-20(32)30(12-29-31)15-5-7-16(8-6-15)34-11-22(27,28)19(25)26/h3-10,12-13,19,33H,1,11H2,2H3/t13-,21-/m1/s1. The fourth-order valence-electron chi connectivity index (χ4n) is 3.21. The van der Waals surface area contributed by atoms with Gasteiger partial charge in [0.2, 0.25) is 0 Å². The Morgan fingerprint density at radius 3 is 2.38 bits per heavy atom. The van der Waals surface area contributed by atoms with E-state index >= 15 is 0 Å². The topological polar surface area (TPSA) is 69.3 Å². The Hall–Kier alpha value is -3.54. The first-order chi connectivity index (χ1) is 15.9. The van der Waals surface area contributed by atoms with Crippen molar-refractivity contribution in [3.8, 4) is 11.4 Å². The number of halogens is 6. The molecular weight excluding hydrogens is 468 g/mol. The molecule has 0 radical (unpaired) electrons. The molecule has 12 heteroatoms. The van der Waals surface area contributed by atoms with Crippen LogP contribution >= 0.6 is 0 Å². The molecule has 0 spiro atoms. The van der Waals surface area contributed by atoms with E-state index in [2.05, 4.69) is 16.4 Å². The predicted octanol–water partition coefficient (Wildman–Crippen LogP) is 4.23. The Kier molecular flexibility index (Phi) is 6.92. The van der Waals surface area contributed by atoms with Crippen LogP contribution < -0.4 is 10.4 Å². The van der Waals surface area contributed by atoms with Crippen molar-refractivity contribution in [2.24, 2.45) is 0 Å². The fourth-order valence-corrected chi connectivity index (χ4v) is 3.21. The molecule has 0 aliphatic carbocycles. The molecule has 0 saturated heterocycles. The van der Waals surface area contributed by atoms with Gasteiger partial charge in [-0.25, -0.2) is 31.6 Å². The van der Waals surface area contributed by atoms with Crippen molar-refractivity contribution in [3.63, 3.8) is 0 Å². The molecule has 0 aliphatic heterocycles. The molecule has 0 aliphatic rings. The van der Waals surface area contributed by atoms with Crippen molar-refractivity contribution in [2.45, 2.75) is 30.9 Å². The average Bonchev–Trinajstić information content (AvgIpc) is 3.18. The Bertz CT molecular complexity index is 1230. The van der Waals surface area contributed by atoms with Gasteiger partial charge in [-0.3, -0.25) is 0 Å². The van der Waals surface area contributed by atoms with Crippen LogP contribution in [0, 0.1) is 11.6 Å². The molecule has 2 atom stereocenters. The monoisotopic (exact) mass is 487 g/mol. The van der Waals surface area contributed by atoms with Gasteiger partial charge >= 0.3 is 18.0 Å². The summed E-state index contributed by atoms with van der Waals surface area (Å²) in [6.45, 7) is 3.34. The van der Waals surface area contributed by atoms with E-state index in [0.717, 1.165) is 33.8 Å². The second-order valence-corrected chi connectivity index (χ2v) is 7.40. The number of aliphatic hydroxyl groups is 1. The third kappa shape index (κ3) is 4.72. The molecule has 2 aromatic carbocycles. The van der Waals surface area contributed by atoms with Crippen LogP contribution in [-0.4, -0.2) is 38.4 Å². The van der Waals surface area contributed by atoms with Crippen molar-refractivity contribution in [1.82, 2.24) is 14.3 Å². The molecule has 3 aromatic rings. The number of hydrogen-bond donors (Lipinski definition) is 1. The number of alkyl halides is 4. The number of benzene rings is 2. The van der Waals surface area contributed by atoms with Gasteiger partial charge in [-0.15, -0.1) is 0 Å². The molecule has 1 heterocycles. The maximum atomic E-state index is 14.3. The lowest BCUT2D eigenvalue weighted by Crippen LogP contribution is -2.39. The summed E-state index contributed by atoms with van der Waals surface area (Å²) in [6.07, 6.45) is -1.78. The van der Waals surface area contributed by atoms with E-state index in [1.165, 1.54) is 31.2 Å². The minimum Gasteiger partial charge on any atom is -0.487 e. The van der Waals surface area contributed by atoms with Crippen LogP contribution in [0.5, 0.6) is 5.75 Å².